The van der Waals surface area contributed by atoms with Crippen LogP contribution in [-0.4, -0.2) is 23.7 Å². The lowest BCUT2D eigenvalue weighted by molar-refractivity contribution is 0.00786. The summed E-state index contributed by atoms with van der Waals surface area (Å²) < 4.78 is 5.70. The third kappa shape index (κ3) is 3.06. The minimum Gasteiger partial charge on any atom is -0.376 e. The number of nitrogens with one attached hydrogen (secondary N) is 1. The number of rotatable bonds is 3. The molecule has 15 heavy (non-hydrogen) atoms. The zero-order chi connectivity index (χ0) is 10.7. The molecule has 0 saturated carbocycles. The van der Waals surface area contributed by atoms with E-state index in [1.165, 1.54) is 24.2 Å². The number of anilines is 1. The number of ether oxygens (including phenoxy) is 1. The van der Waals surface area contributed by atoms with E-state index in [1.807, 2.05) is 5.38 Å². The molecule has 1 fully saturated rings. The zero-order valence-corrected chi connectivity index (χ0v) is 10.3. The molecule has 1 aliphatic heterocycles. The fourth-order valence-electron chi connectivity index (χ4n) is 1.77. The van der Waals surface area contributed by atoms with Crippen LogP contribution in [0, 0.1) is 0 Å². The minimum absolute atomic E-state index is 0.299. The Kier molecular flexibility index (Phi) is 3.83. The summed E-state index contributed by atoms with van der Waals surface area (Å²) in [5.74, 6) is 0. The van der Waals surface area contributed by atoms with Gasteiger partial charge in [0.05, 0.1) is 12.1 Å². The molecule has 2 rings (SSSR count). The topological polar surface area (TPSA) is 34.2 Å². The highest BCUT2D eigenvalue weighted by atomic mass is 35.5. The highest BCUT2D eigenvalue weighted by Crippen LogP contribution is 2.23. The molecule has 84 valence electrons. The van der Waals surface area contributed by atoms with Crippen molar-refractivity contribution >= 4 is 28.1 Å². The van der Waals surface area contributed by atoms with Gasteiger partial charge in [0, 0.05) is 12.0 Å². The summed E-state index contributed by atoms with van der Waals surface area (Å²) in [5.41, 5.74) is 0. The van der Waals surface area contributed by atoms with E-state index in [4.69, 9.17) is 16.3 Å². The monoisotopic (exact) mass is 246 g/mol. The van der Waals surface area contributed by atoms with Gasteiger partial charge in [-0.1, -0.05) is 11.6 Å². The number of thiazole rings is 1. The Hall–Kier alpha value is -0.320. The average Bonchev–Trinajstić information content (AvgIpc) is 2.65. The normalized spacial score (nSPS) is 23.7. The molecule has 1 aromatic rings. The van der Waals surface area contributed by atoms with Gasteiger partial charge in [0.15, 0.2) is 5.13 Å². The summed E-state index contributed by atoms with van der Waals surface area (Å²) in [6.07, 6.45) is 3.89. The van der Waals surface area contributed by atoms with E-state index in [0.717, 1.165) is 18.2 Å². The summed E-state index contributed by atoms with van der Waals surface area (Å²) in [6.45, 7) is 3.01. The molecule has 0 spiro atoms. The molecular formula is C10H15ClN2OS. The van der Waals surface area contributed by atoms with Crippen LogP contribution in [0.15, 0.2) is 5.38 Å². The Bertz CT molecular complexity index is 312. The molecule has 0 amide bonds. The quantitative estimate of drug-likeness (QED) is 0.890. The summed E-state index contributed by atoms with van der Waals surface area (Å²) in [6, 6.07) is 0.299. The summed E-state index contributed by atoms with van der Waals surface area (Å²) >= 11 is 7.29. The molecule has 2 unspecified atom stereocenters. The first-order chi connectivity index (χ1) is 7.25. The molecule has 5 heteroatoms. The third-order valence-corrected chi connectivity index (χ3v) is 3.70. The number of hydrogen-bond acceptors (Lipinski definition) is 4. The standard InChI is InChI=1S/C10H15ClN2OS/c1-7(8-4-2-3-5-14-8)12-10-13-9(11)6-15-10/h6-8H,2-5H2,1H3,(H,12,13). The molecule has 0 bridgehead atoms. The molecule has 1 aromatic heterocycles. The van der Waals surface area contributed by atoms with Gasteiger partial charge in [0.25, 0.3) is 0 Å². The fraction of sp³-hybridized carbons (Fsp3) is 0.700. The molecule has 3 nitrogen and oxygen atoms in total. The summed E-state index contributed by atoms with van der Waals surface area (Å²) in [5, 5.41) is 6.59. The first-order valence-electron chi connectivity index (χ1n) is 5.25. The number of halogens is 1. The second-order valence-electron chi connectivity index (χ2n) is 3.81. The second-order valence-corrected chi connectivity index (χ2v) is 5.06. The van der Waals surface area contributed by atoms with Gasteiger partial charge in [-0.3, -0.25) is 0 Å². The maximum atomic E-state index is 5.76. The SMILES string of the molecule is CC(Nc1nc(Cl)cs1)C1CCCCO1. The number of aromatic nitrogens is 1. The Labute approximate surface area is 98.8 Å². The van der Waals surface area contributed by atoms with Crippen LogP contribution in [0.3, 0.4) is 0 Å². The van der Waals surface area contributed by atoms with Crippen molar-refractivity contribution in [2.45, 2.75) is 38.3 Å². The van der Waals surface area contributed by atoms with E-state index in [1.54, 1.807) is 0 Å². The lowest BCUT2D eigenvalue weighted by Gasteiger charge is -2.28. The predicted molar refractivity (Wildman–Crippen MR) is 63.8 cm³/mol. The van der Waals surface area contributed by atoms with Crippen LogP contribution in [-0.2, 0) is 4.74 Å². The highest BCUT2D eigenvalue weighted by Gasteiger charge is 2.21. The lowest BCUT2D eigenvalue weighted by Crippen LogP contribution is -2.35. The Morgan fingerprint density at radius 1 is 1.67 bits per heavy atom. The van der Waals surface area contributed by atoms with Crippen LogP contribution in [0.2, 0.25) is 5.15 Å². The molecule has 1 aliphatic rings. The van der Waals surface area contributed by atoms with Gasteiger partial charge in [-0.2, -0.15) is 0 Å². The van der Waals surface area contributed by atoms with Gasteiger partial charge in [0.2, 0.25) is 0 Å². The third-order valence-electron chi connectivity index (χ3n) is 2.60. The van der Waals surface area contributed by atoms with Crippen LogP contribution in [0.5, 0.6) is 0 Å². The van der Waals surface area contributed by atoms with Crippen molar-refractivity contribution in [3.8, 4) is 0 Å². The first kappa shape index (κ1) is 11.2. The van der Waals surface area contributed by atoms with Crippen molar-refractivity contribution in [2.75, 3.05) is 11.9 Å². The van der Waals surface area contributed by atoms with Gasteiger partial charge < -0.3 is 10.1 Å². The number of nitrogens with zero attached hydrogens (tertiary/aromatic N) is 1. The Balaban J connectivity index is 1.88. The minimum atomic E-state index is 0.299. The predicted octanol–water partition coefficient (Wildman–Crippen LogP) is 3.17. The van der Waals surface area contributed by atoms with Crippen molar-refractivity contribution in [2.24, 2.45) is 0 Å². The molecule has 2 heterocycles. The van der Waals surface area contributed by atoms with Gasteiger partial charge in [-0.25, -0.2) is 4.98 Å². The van der Waals surface area contributed by atoms with E-state index in [9.17, 15) is 0 Å². The Morgan fingerprint density at radius 3 is 3.13 bits per heavy atom. The van der Waals surface area contributed by atoms with Crippen LogP contribution in [0.25, 0.3) is 0 Å². The van der Waals surface area contributed by atoms with E-state index in [2.05, 4.69) is 17.2 Å². The van der Waals surface area contributed by atoms with E-state index in [-0.39, 0.29) is 0 Å². The van der Waals surface area contributed by atoms with Crippen molar-refractivity contribution in [1.82, 2.24) is 4.98 Å². The molecular weight excluding hydrogens is 232 g/mol. The average molecular weight is 247 g/mol. The van der Waals surface area contributed by atoms with Gasteiger partial charge in [-0.05, 0) is 26.2 Å². The maximum Gasteiger partial charge on any atom is 0.184 e. The largest absolute Gasteiger partial charge is 0.376 e. The van der Waals surface area contributed by atoms with Crippen LogP contribution in [0.4, 0.5) is 5.13 Å². The van der Waals surface area contributed by atoms with E-state index in [0.29, 0.717) is 17.3 Å². The van der Waals surface area contributed by atoms with Gasteiger partial charge in [-0.15, -0.1) is 11.3 Å². The molecule has 0 aromatic carbocycles. The van der Waals surface area contributed by atoms with Crippen LogP contribution in [0.1, 0.15) is 26.2 Å². The van der Waals surface area contributed by atoms with E-state index >= 15 is 0 Å². The summed E-state index contributed by atoms with van der Waals surface area (Å²) in [4.78, 5) is 4.16. The molecule has 1 saturated heterocycles. The Morgan fingerprint density at radius 2 is 2.53 bits per heavy atom. The van der Waals surface area contributed by atoms with Crippen molar-refractivity contribution in [3.63, 3.8) is 0 Å². The fourth-order valence-corrected chi connectivity index (χ4v) is 2.70. The lowest BCUT2D eigenvalue weighted by atomic mass is 10.0. The zero-order valence-electron chi connectivity index (χ0n) is 8.70. The van der Waals surface area contributed by atoms with E-state index < -0.39 is 0 Å². The van der Waals surface area contributed by atoms with Crippen molar-refractivity contribution in [1.29, 1.82) is 0 Å². The smallest absolute Gasteiger partial charge is 0.184 e. The summed E-state index contributed by atoms with van der Waals surface area (Å²) in [7, 11) is 0. The molecule has 0 radical (unpaired) electrons. The highest BCUT2D eigenvalue weighted by molar-refractivity contribution is 7.14. The van der Waals surface area contributed by atoms with Crippen LogP contribution < -0.4 is 5.32 Å². The molecule has 0 aliphatic carbocycles. The van der Waals surface area contributed by atoms with Crippen molar-refractivity contribution in [3.05, 3.63) is 10.5 Å². The van der Waals surface area contributed by atoms with Crippen molar-refractivity contribution < 1.29 is 4.74 Å². The van der Waals surface area contributed by atoms with Gasteiger partial charge >= 0.3 is 0 Å². The maximum absolute atomic E-state index is 5.76. The second kappa shape index (κ2) is 5.14. The number of hydrogen-bond donors (Lipinski definition) is 1. The van der Waals surface area contributed by atoms with Gasteiger partial charge in [0.1, 0.15) is 5.15 Å². The van der Waals surface area contributed by atoms with Crippen LogP contribution >= 0.6 is 22.9 Å². The molecule has 1 N–H and O–H groups in total. The molecule has 2 atom stereocenters. The first-order valence-corrected chi connectivity index (χ1v) is 6.50.